The molecule has 2 aromatic carbocycles. The fourth-order valence-electron chi connectivity index (χ4n) is 3.78. The lowest BCUT2D eigenvalue weighted by molar-refractivity contribution is 0.0689. The van der Waals surface area contributed by atoms with Gasteiger partial charge in [-0.2, -0.15) is 0 Å². The number of ether oxygens (including phenoxy) is 1. The highest BCUT2D eigenvalue weighted by atomic mass is 35.5. The lowest BCUT2D eigenvalue weighted by Gasteiger charge is -2.13. The first-order valence-electron chi connectivity index (χ1n) is 9.49. The SMILES string of the molecule is CC(C)Oc1ccc(-n2c(C(=O)O)c(Cl)c3ccc(C4=CCCC4)cc32)cc1. The van der Waals surface area contributed by atoms with E-state index in [9.17, 15) is 9.90 Å². The summed E-state index contributed by atoms with van der Waals surface area (Å²) in [5, 5.41) is 10.8. The number of hydrogen-bond donors (Lipinski definition) is 1. The van der Waals surface area contributed by atoms with Gasteiger partial charge in [-0.15, -0.1) is 0 Å². The molecule has 5 heteroatoms. The zero-order valence-corrected chi connectivity index (χ0v) is 16.7. The fourth-order valence-corrected chi connectivity index (χ4v) is 4.11. The Bertz CT molecular complexity index is 1080. The summed E-state index contributed by atoms with van der Waals surface area (Å²) in [6.45, 7) is 3.93. The number of nitrogens with zero attached hydrogens (tertiary/aromatic N) is 1. The third kappa shape index (κ3) is 3.29. The summed E-state index contributed by atoms with van der Waals surface area (Å²) in [6.07, 6.45) is 5.63. The van der Waals surface area contributed by atoms with Crippen LogP contribution in [0.4, 0.5) is 0 Å². The van der Waals surface area contributed by atoms with Crippen molar-refractivity contribution in [2.45, 2.75) is 39.2 Å². The molecule has 0 amide bonds. The maximum atomic E-state index is 12.0. The molecule has 1 heterocycles. The van der Waals surface area contributed by atoms with Crippen molar-refractivity contribution in [3.8, 4) is 11.4 Å². The second-order valence-corrected chi connectivity index (χ2v) is 7.70. The van der Waals surface area contributed by atoms with Crippen molar-refractivity contribution < 1.29 is 14.6 Å². The van der Waals surface area contributed by atoms with E-state index in [-0.39, 0.29) is 16.8 Å². The second-order valence-electron chi connectivity index (χ2n) is 7.32. The maximum absolute atomic E-state index is 12.0. The minimum Gasteiger partial charge on any atom is -0.491 e. The predicted octanol–water partition coefficient (Wildman–Crippen LogP) is 6.34. The molecule has 3 aromatic rings. The van der Waals surface area contributed by atoms with Crippen LogP contribution in [0.1, 0.15) is 49.2 Å². The van der Waals surface area contributed by atoms with Gasteiger partial charge in [0.15, 0.2) is 5.69 Å². The maximum Gasteiger partial charge on any atom is 0.354 e. The summed E-state index contributed by atoms with van der Waals surface area (Å²) in [5.41, 5.74) is 4.04. The molecule has 0 spiro atoms. The second kappa shape index (κ2) is 7.36. The van der Waals surface area contributed by atoms with Gasteiger partial charge >= 0.3 is 5.97 Å². The van der Waals surface area contributed by atoms with Crippen LogP contribution in [0.5, 0.6) is 5.75 Å². The normalized spacial score (nSPS) is 13.9. The van der Waals surface area contributed by atoms with Gasteiger partial charge in [0.05, 0.1) is 16.6 Å². The first-order valence-corrected chi connectivity index (χ1v) is 9.87. The molecule has 0 aliphatic heterocycles. The smallest absolute Gasteiger partial charge is 0.354 e. The highest BCUT2D eigenvalue weighted by molar-refractivity contribution is 6.38. The molecule has 0 radical (unpaired) electrons. The van der Waals surface area contributed by atoms with Crippen LogP contribution >= 0.6 is 11.6 Å². The van der Waals surface area contributed by atoms with Gasteiger partial charge in [0.1, 0.15) is 5.75 Å². The van der Waals surface area contributed by atoms with Gasteiger partial charge in [-0.3, -0.25) is 0 Å². The molecule has 1 aliphatic rings. The number of allylic oxidation sites excluding steroid dienone is 2. The van der Waals surface area contributed by atoms with E-state index in [1.54, 1.807) is 4.57 Å². The van der Waals surface area contributed by atoms with E-state index in [1.807, 2.05) is 56.3 Å². The third-order valence-corrected chi connectivity index (χ3v) is 5.37. The molecule has 28 heavy (non-hydrogen) atoms. The van der Waals surface area contributed by atoms with Gasteiger partial charge in [-0.25, -0.2) is 4.79 Å². The van der Waals surface area contributed by atoms with Crippen molar-refractivity contribution in [2.24, 2.45) is 0 Å². The topological polar surface area (TPSA) is 51.5 Å². The van der Waals surface area contributed by atoms with Crippen molar-refractivity contribution >= 4 is 34.0 Å². The third-order valence-electron chi connectivity index (χ3n) is 4.99. The van der Waals surface area contributed by atoms with Crippen LogP contribution in [0.15, 0.2) is 48.5 Å². The molecule has 1 aromatic heterocycles. The molecule has 0 saturated carbocycles. The van der Waals surface area contributed by atoms with Crippen LogP contribution in [0.25, 0.3) is 22.2 Å². The lowest BCUT2D eigenvalue weighted by atomic mass is 10.0. The molecule has 1 aliphatic carbocycles. The molecule has 0 saturated heterocycles. The summed E-state index contributed by atoms with van der Waals surface area (Å²) in [7, 11) is 0. The highest BCUT2D eigenvalue weighted by Gasteiger charge is 2.23. The number of carboxylic acids is 1. The zero-order valence-electron chi connectivity index (χ0n) is 15.9. The number of halogens is 1. The van der Waals surface area contributed by atoms with Gasteiger partial charge in [0, 0.05) is 11.1 Å². The first kappa shape index (κ1) is 18.6. The van der Waals surface area contributed by atoms with Crippen LogP contribution in [-0.4, -0.2) is 21.7 Å². The van der Waals surface area contributed by atoms with E-state index in [1.165, 1.54) is 5.57 Å². The van der Waals surface area contributed by atoms with Crippen LogP contribution in [0, 0.1) is 0 Å². The van der Waals surface area contributed by atoms with E-state index in [0.717, 1.165) is 47.2 Å². The van der Waals surface area contributed by atoms with Crippen molar-refractivity contribution in [3.05, 3.63) is 64.8 Å². The summed E-state index contributed by atoms with van der Waals surface area (Å²) < 4.78 is 7.42. The van der Waals surface area contributed by atoms with Crippen molar-refractivity contribution in [1.29, 1.82) is 0 Å². The molecule has 0 atom stereocenters. The average molecular weight is 396 g/mol. The quantitative estimate of drug-likeness (QED) is 0.548. The largest absolute Gasteiger partial charge is 0.491 e. The Balaban J connectivity index is 1.90. The lowest BCUT2D eigenvalue weighted by Crippen LogP contribution is -2.08. The van der Waals surface area contributed by atoms with Crippen molar-refractivity contribution in [2.75, 3.05) is 0 Å². The Morgan fingerprint density at radius 2 is 1.93 bits per heavy atom. The number of benzene rings is 2. The van der Waals surface area contributed by atoms with Gasteiger partial charge < -0.3 is 14.4 Å². The van der Waals surface area contributed by atoms with Gasteiger partial charge in [0.2, 0.25) is 0 Å². The summed E-state index contributed by atoms with van der Waals surface area (Å²) in [4.78, 5) is 12.0. The van der Waals surface area contributed by atoms with E-state index in [0.29, 0.717) is 0 Å². The van der Waals surface area contributed by atoms with E-state index in [4.69, 9.17) is 16.3 Å². The van der Waals surface area contributed by atoms with E-state index in [2.05, 4.69) is 6.08 Å². The number of carboxylic acid groups (broad SMARTS) is 1. The van der Waals surface area contributed by atoms with Crippen molar-refractivity contribution in [3.63, 3.8) is 0 Å². The fraction of sp³-hybridized carbons (Fsp3) is 0.261. The Labute approximate surface area is 169 Å². The number of aromatic nitrogens is 1. The minimum absolute atomic E-state index is 0.0736. The number of rotatable bonds is 5. The summed E-state index contributed by atoms with van der Waals surface area (Å²) in [5.74, 6) is -0.305. The zero-order chi connectivity index (χ0) is 19.8. The number of aromatic carboxylic acids is 1. The van der Waals surface area contributed by atoms with Crippen LogP contribution in [0.2, 0.25) is 5.02 Å². The molecule has 4 rings (SSSR count). The van der Waals surface area contributed by atoms with Crippen LogP contribution in [-0.2, 0) is 0 Å². The van der Waals surface area contributed by atoms with E-state index >= 15 is 0 Å². The van der Waals surface area contributed by atoms with Gasteiger partial charge in [-0.05, 0) is 74.6 Å². The number of fused-ring (bicyclic) bond motifs is 1. The van der Waals surface area contributed by atoms with Gasteiger partial charge in [-0.1, -0.05) is 29.8 Å². The Kier molecular flexibility index (Phi) is 4.90. The highest BCUT2D eigenvalue weighted by Crippen LogP contribution is 2.37. The van der Waals surface area contributed by atoms with Crippen LogP contribution < -0.4 is 4.74 Å². The Morgan fingerprint density at radius 1 is 1.18 bits per heavy atom. The monoisotopic (exact) mass is 395 g/mol. The molecular formula is C23H22ClNO3. The molecule has 4 nitrogen and oxygen atoms in total. The Hall–Kier alpha value is -2.72. The van der Waals surface area contributed by atoms with E-state index < -0.39 is 5.97 Å². The molecule has 1 N–H and O–H groups in total. The predicted molar refractivity (Wildman–Crippen MR) is 113 cm³/mol. The Morgan fingerprint density at radius 3 is 2.54 bits per heavy atom. The molecule has 0 bridgehead atoms. The average Bonchev–Trinajstić information content (AvgIpc) is 3.28. The number of hydrogen-bond acceptors (Lipinski definition) is 2. The summed E-state index contributed by atoms with van der Waals surface area (Å²) in [6, 6.07) is 13.4. The molecule has 0 fully saturated rings. The molecular weight excluding hydrogens is 374 g/mol. The van der Waals surface area contributed by atoms with Crippen LogP contribution in [0.3, 0.4) is 0 Å². The number of carbonyl (C=O) groups is 1. The molecule has 144 valence electrons. The molecule has 0 unspecified atom stereocenters. The van der Waals surface area contributed by atoms with Gasteiger partial charge in [0.25, 0.3) is 0 Å². The first-order chi connectivity index (χ1) is 13.5. The van der Waals surface area contributed by atoms with Crippen molar-refractivity contribution in [1.82, 2.24) is 4.57 Å². The summed E-state index contributed by atoms with van der Waals surface area (Å²) >= 11 is 6.48. The minimum atomic E-state index is -1.05. The standard InChI is InChI=1S/C23H22ClNO3/c1-14(2)28-18-10-8-17(9-11-18)25-20-13-16(15-5-3-4-6-15)7-12-19(20)21(24)22(25)23(26)27/h5,7-14H,3-4,6H2,1-2H3,(H,26,27).